The van der Waals surface area contributed by atoms with Crippen molar-refractivity contribution in [1.82, 2.24) is 4.57 Å². The van der Waals surface area contributed by atoms with Gasteiger partial charge in [-0.1, -0.05) is 6.07 Å². The van der Waals surface area contributed by atoms with E-state index in [1.165, 1.54) is 4.57 Å². The van der Waals surface area contributed by atoms with Crippen molar-refractivity contribution < 1.29 is 19.4 Å². The number of rotatable bonds is 4. The van der Waals surface area contributed by atoms with Crippen LogP contribution in [0.1, 0.15) is 17.9 Å². The number of carboxylic acid groups (broad SMARTS) is 1. The zero-order valence-corrected chi connectivity index (χ0v) is 9.79. The van der Waals surface area contributed by atoms with Gasteiger partial charge in [-0.25, -0.2) is 4.79 Å². The third-order valence-electron chi connectivity index (χ3n) is 2.93. The van der Waals surface area contributed by atoms with Gasteiger partial charge in [0.2, 0.25) is 0 Å². The monoisotopic (exact) mass is 251 g/mol. The van der Waals surface area contributed by atoms with Crippen LogP contribution in [0.2, 0.25) is 0 Å². The number of aliphatic hydroxyl groups is 1. The van der Waals surface area contributed by atoms with E-state index in [-0.39, 0.29) is 13.0 Å². The number of hydrogen-bond acceptors (Lipinski definition) is 4. The molecule has 0 amide bonds. The lowest BCUT2D eigenvalue weighted by Crippen LogP contribution is -2.10. The first-order valence-electron chi connectivity index (χ1n) is 5.45. The van der Waals surface area contributed by atoms with Gasteiger partial charge in [0.1, 0.15) is 0 Å². The van der Waals surface area contributed by atoms with E-state index >= 15 is 0 Å². The Kier molecular flexibility index (Phi) is 3.20. The number of aryl methyl sites for hydroxylation is 1. The highest BCUT2D eigenvalue weighted by Crippen LogP contribution is 2.23. The van der Waals surface area contributed by atoms with E-state index in [1.54, 1.807) is 25.2 Å². The number of oxazole rings is 1. The van der Waals surface area contributed by atoms with Crippen LogP contribution in [0.25, 0.3) is 11.1 Å². The number of carboxylic acids is 1. The fourth-order valence-corrected chi connectivity index (χ4v) is 1.90. The van der Waals surface area contributed by atoms with Crippen molar-refractivity contribution in [2.75, 3.05) is 6.61 Å². The molecule has 2 aromatic rings. The molecule has 6 nitrogen and oxygen atoms in total. The summed E-state index contributed by atoms with van der Waals surface area (Å²) >= 11 is 0. The Morgan fingerprint density at radius 1 is 1.50 bits per heavy atom. The Morgan fingerprint density at radius 2 is 2.22 bits per heavy atom. The SMILES string of the molecule is Cn1c(=O)oc2cc(C(CO)CC(=O)O)ccc21. The fourth-order valence-electron chi connectivity index (χ4n) is 1.90. The van der Waals surface area contributed by atoms with E-state index < -0.39 is 17.6 Å². The van der Waals surface area contributed by atoms with Gasteiger partial charge in [0, 0.05) is 13.0 Å². The Balaban J connectivity index is 2.45. The van der Waals surface area contributed by atoms with Gasteiger partial charge in [-0.15, -0.1) is 0 Å². The summed E-state index contributed by atoms with van der Waals surface area (Å²) < 4.78 is 6.38. The van der Waals surface area contributed by atoms with Gasteiger partial charge in [0.25, 0.3) is 0 Å². The van der Waals surface area contributed by atoms with Crippen LogP contribution in [0.15, 0.2) is 27.4 Å². The van der Waals surface area contributed by atoms with Crippen LogP contribution in [0.3, 0.4) is 0 Å². The number of aromatic nitrogens is 1. The molecule has 1 aromatic carbocycles. The molecule has 96 valence electrons. The molecule has 18 heavy (non-hydrogen) atoms. The van der Waals surface area contributed by atoms with Crippen molar-refractivity contribution in [2.45, 2.75) is 12.3 Å². The van der Waals surface area contributed by atoms with Crippen LogP contribution in [-0.2, 0) is 11.8 Å². The lowest BCUT2D eigenvalue weighted by Gasteiger charge is -2.11. The highest BCUT2D eigenvalue weighted by atomic mass is 16.4. The molecular formula is C12H13NO5. The molecule has 1 unspecified atom stereocenters. The number of carbonyl (C=O) groups is 1. The third kappa shape index (κ3) is 2.14. The van der Waals surface area contributed by atoms with Crippen LogP contribution in [-0.4, -0.2) is 27.4 Å². The lowest BCUT2D eigenvalue weighted by molar-refractivity contribution is -0.137. The Hall–Kier alpha value is -2.08. The number of hydrogen-bond donors (Lipinski definition) is 2. The summed E-state index contributed by atoms with van der Waals surface area (Å²) in [5.74, 6) is -1.96. The first-order valence-corrected chi connectivity index (χ1v) is 5.45. The number of fused-ring (bicyclic) bond motifs is 1. The summed E-state index contributed by atoms with van der Waals surface area (Å²) in [5, 5.41) is 17.9. The largest absolute Gasteiger partial charge is 0.481 e. The van der Waals surface area contributed by atoms with Crippen molar-refractivity contribution in [3.63, 3.8) is 0 Å². The molecule has 2 rings (SSSR count). The second kappa shape index (κ2) is 4.66. The molecule has 0 aliphatic carbocycles. The summed E-state index contributed by atoms with van der Waals surface area (Å²) in [6, 6.07) is 4.97. The average molecular weight is 251 g/mol. The smallest absolute Gasteiger partial charge is 0.419 e. The molecule has 1 heterocycles. The van der Waals surface area contributed by atoms with Gasteiger partial charge in [-0.3, -0.25) is 9.36 Å². The number of aliphatic hydroxyl groups excluding tert-OH is 1. The summed E-state index contributed by atoms with van der Waals surface area (Å²) in [5.41, 5.74) is 1.67. The number of aliphatic carboxylic acids is 1. The topological polar surface area (TPSA) is 92.7 Å². The first-order chi connectivity index (χ1) is 8.52. The summed E-state index contributed by atoms with van der Waals surface area (Å²) in [7, 11) is 1.59. The Bertz CT molecular complexity index is 639. The van der Waals surface area contributed by atoms with E-state index in [0.717, 1.165) is 0 Å². The van der Waals surface area contributed by atoms with Crippen molar-refractivity contribution in [1.29, 1.82) is 0 Å². The molecule has 1 aromatic heterocycles. The van der Waals surface area contributed by atoms with Crippen LogP contribution in [0.4, 0.5) is 0 Å². The van der Waals surface area contributed by atoms with Crippen LogP contribution in [0.5, 0.6) is 0 Å². The predicted molar refractivity (Wildman–Crippen MR) is 63.5 cm³/mol. The highest BCUT2D eigenvalue weighted by Gasteiger charge is 2.16. The highest BCUT2D eigenvalue weighted by molar-refractivity contribution is 5.74. The zero-order valence-electron chi connectivity index (χ0n) is 9.79. The molecule has 6 heteroatoms. The van der Waals surface area contributed by atoms with Gasteiger partial charge < -0.3 is 14.6 Å². The summed E-state index contributed by atoms with van der Waals surface area (Å²) in [6.45, 7) is -0.269. The first kappa shape index (κ1) is 12.4. The maximum Gasteiger partial charge on any atom is 0.419 e. The van der Waals surface area contributed by atoms with Gasteiger partial charge >= 0.3 is 11.7 Å². The fraction of sp³-hybridized carbons (Fsp3) is 0.333. The molecule has 0 aliphatic heterocycles. The van der Waals surface area contributed by atoms with Crippen molar-refractivity contribution in [3.05, 3.63) is 34.3 Å². The molecular weight excluding hydrogens is 238 g/mol. The Labute approximate surface area is 102 Å². The zero-order chi connectivity index (χ0) is 13.3. The van der Waals surface area contributed by atoms with Crippen LogP contribution < -0.4 is 5.76 Å². The third-order valence-corrected chi connectivity index (χ3v) is 2.93. The van der Waals surface area contributed by atoms with E-state index in [1.807, 2.05) is 0 Å². The molecule has 0 saturated heterocycles. The molecule has 0 saturated carbocycles. The second-order valence-electron chi connectivity index (χ2n) is 4.13. The molecule has 2 N–H and O–H groups in total. The lowest BCUT2D eigenvalue weighted by atomic mass is 9.96. The van der Waals surface area contributed by atoms with Crippen molar-refractivity contribution in [2.24, 2.45) is 7.05 Å². The molecule has 0 fully saturated rings. The van der Waals surface area contributed by atoms with Gasteiger partial charge in [0.05, 0.1) is 18.5 Å². The average Bonchev–Trinajstić information content (AvgIpc) is 2.61. The van der Waals surface area contributed by atoms with E-state index in [4.69, 9.17) is 9.52 Å². The second-order valence-corrected chi connectivity index (χ2v) is 4.13. The van der Waals surface area contributed by atoms with Crippen molar-refractivity contribution >= 4 is 17.1 Å². The predicted octanol–water partition coefficient (Wildman–Crippen LogP) is 0.682. The molecule has 0 radical (unpaired) electrons. The number of benzene rings is 1. The van der Waals surface area contributed by atoms with Crippen molar-refractivity contribution in [3.8, 4) is 0 Å². The minimum Gasteiger partial charge on any atom is -0.481 e. The van der Waals surface area contributed by atoms with E-state index in [2.05, 4.69) is 0 Å². The molecule has 0 bridgehead atoms. The van der Waals surface area contributed by atoms with Gasteiger partial charge in [-0.2, -0.15) is 0 Å². The van der Waals surface area contributed by atoms with Gasteiger partial charge in [0.15, 0.2) is 5.58 Å². The van der Waals surface area contributed by atoms with Gasteiger partial charge in [-0.05, 0) is 17.7 Å². The maximum atomic E-state index is 11.3. The summed E-state index contributed by atoms with van der Waals surface area (Å²) in [4.78, 5) is 22.0. The van der Waals surface area contributed by atoms with E-state index in [9.17, 15) is 14.7 Å². The maximum absolute atomic E-state index is 11.3. The molecule has 0 spiro atoms. The van der Waals surface area contributed by atoms with Crippen LogP contribution >= 0.6 is 0 Å². The number of nitrogens with zero attached hydrogens (tertiary/aromatic N) is 1. The van der Waals surface area contributed by atoms with Crippen LogP contribution in [0, 0.1) is 0 Å². The Morgan fingerprint density at radius 3 is 2.83 bits per heavy atom. The van der Waals surface area contributed by atoms with E-state index in [0.29, 0.717) is 16.7 Å². The quantitative estimate of drug-likeness (QED) is 0.833. The normalized spacial score (nSPS) is 12.8. The molecule has 1 atom stereocenters. The standard InChI is InChI=1S/C12H13NO5/c1-13-9-3-2-7(4-10(9)18-12(13)17)8(6-14)5-11(15)16/h2-4,8,14H,5-6H2,1H3,(H,15,16). The minimum absolute atomic E-state index is 0.168. The summed E-state index contributed by atoms with van der Waals surface area (Å²) in [6.07, 6.45) is -0.168. The minimum atomic E-state index is -0.983. The molecule has 0 aliphatic rings.